The Balaban J connectivity index is 2.46. The molecule has 6 heteroatoms. The summed E-state index contributed by atoms with van der Waals surface area (Å²) >= 11 is 3.60. The molecule has 2 aromatic heterocycles. The number of hydrogen-bond donors (Lipinski definition) is 1. The van der Waals surface area contributed by atoms with E-state index in [4.69, 9.17) is 0 Å². The van der Waals surface area contributed by atoms with Crippen molar-refractivity contribution in [1.82, 2.24) is 19.7 Å². The van der Waals surface area contributed by atoms with Gasteiger partial charge in [0.25, 0.3) is 0 Å². The van der Waals surface area contributed by atoms with Crippen LogP contribution in [0.15, 0.2) is 16.9 Å². The minimum Gasteiger partial charge on any atom is -0.369 e. The van der Waals surface area contributed by atoms with Gasteiger partial charge in [0.1, 0.15) is 5.82 Å². The summed E-state index contributed by atoms with van der Waals surface area (Å²) in [6.07, 6.45) is 5.78. The summed E-state index contributed by atoms with van der Waals surface area (Å²) in [4.78, 5) is 9.27. The molecule has 0 saturated heterocycles. The van der Waals surface area contributed by atoms with Crippen LogP contribution in [-0.4, -0.2) is 26.3 Å². The van der Waals surface area contributed by atoms with E-state index in [2.05, 4.69) is 57.1 Å². The smallest absolute Gasteiger partial charge is 0.165 e. The Labute approximate surface area is 128 Å². The first-order valence-electron chi connectivity index (χ1n) is 7.02. The van der Waals surface area contributed by atoms with Crippen LogP contribution < -0.4 is 5.32 Å². The molecule has 0 unspecified atom stereocenters. The van der Waals surface area contributed by atoms with E-state index in [1.807, 2.05) is 17.1 Å². The zero-order valence-corrected chi connectivity index (χ0v) is 13.7. The zero-order valence-electron chi connectivity index (χ0n) is 12.1. The lowest BCUT2D eigenvalue weighted by Crippen LogP contribution is -2.06. The van der Waals surface area contributed by atoms with Gasteiger partial charge in [-0.2, -0.15) is 5.10 Å². The quantitative estimate of drug-likeness (QED) is 0.876. The third kappa shape index (κ3) is 3.17. The highest BCUT2D eigenvalue weighted by Crippen LogP contribution is 2.27. The predicted molar refractivity (Wildman–Crippen MR) is 84.8 cm³/mol. The van der Waals surface area contributed by atoms with Crippen LogP contribution in [-0.2, 0) is 13.0 Å². The minimum atomic E-state index is 0.729. The topological polar surface area (TPSA) is 55.6 Å². The Hall–Kier alpha value is -1.43. The monoisotopic (exact) mass is 337 g/mol. The second-order valence-electron chi connectivity index (χ2n) is 4.52. The van der Waals surface area contributed by atoms with Crippen molar-refractivity contribution in [3.63, 3.8) is 0 Å². The number of aryl methyl sites for hydroxylation is 2. The molecular weight excluding hydrogens is 318 g/mol. The van der Waals surface area contributed by atoms with Gasteiger partial charge in [0, 0.05) is 19.3 Å². The maximum Gasteiger partial charge on any atom is 0.165 e. The molecule has 0 amide bonds. The molecule has 5 nitrogen and oxygen atoms in total. The van der Waals surface area contributed by atoms with Crippen molar-refractivity contribution >= 4 is 21.7 Å². The normalized spacial score (nSPS) is 10.8. The molecule has 0 radical (unpaired) electrons. The second kappa shape index (κ2) is 6.83. The molecule has 0 aliphatic carbocycles. The average molecular weight is 338 g/mol. The molecular formula is C14H20BrN5. The van der Waals surface area contributed by atoms with Crippen molar-refractivity contribution in [2.24, 2.45) is 0 Å². The van der Waals surface area contributed by atoms with E-state index in [0.29, 0.717) is 0 Å². The van der Waals surface area contributed by atoms with Gasteiger partial charge in [-0.25, -0.2) is 9.97 Å². The lowest BCUT2D eigenvalue weighted by Gasteiger charge is -2.11. The molecule has 0 fully saturated rings. The second-order valence-corrected chi connectivity index (χ2v) is 5.31. The van der Waals surface area contributed by atoms with Crippen LogP contribution in [0, 0.1) is 0 Å². The summed E-state index contributed by atoms with van der Waals surface area (Å²) < 4.78 is 2.85. The number of hydrogen-bond acceptors (Lipinski definition) is 4. The number of aromatic nitrogens is 4. The Morgan fingerprint density at radius 1 is 1.25 bits per heavy atom. The third-order valence-corrected chi connectivity index (χ3v) is 3.80. The molecule has 108 valence electrons. The lowest BCUT2D eigenvalue weighted by molar-refractivity contribution is 0.660. The van der Waals surface area contributed by atoms with Crippen molar-refractivity contribution in [2.45, 2.75) is 40.2 Å². The van der Waals surface area contributed by atoms with E-state index in [-0.39, 0.29) is 0 Å². The molecule has 2 rings (SSSR count). The maximum absolute atomic E-state index is 4.67. The molecule has 0 saturated carbocycles. The van der Waals surface area contributed by atoms with Gasteiger partial charge in [0.2, 0.25) is 0 Å². The van der Waals surface area contributed by atoms with Crippen LogP contribution in [0.1, 0.15) is 32.9 Å². The number of nitrogens with zero attached hydrogens (tertiary/aromatic N) is 4. The molecule has 0 bridgehead atoms. The average Bonchev–Trinajstić information content (AvgIpc) is 2.92. The van der Waals surface area contributed by atoms with Gasteiger partial charge in [-0.15, -0.1) is 0 Å². The Bertz CT molecular complexity index is 552. The first kappa shape index (κ1) is 15.0. The number of halogens is 1. The molecule has 0 spiro atoms. The van der Waals surface area contributed by atoms with Gasteiger partial charge in [-0.3, -0.25) is 4.68 Å². The standard InChI is InChI=1S/C14H20BrN5/c1-4-7-11-12(15)14(16-5-2)19-13(18-11)10-8-17-20(6-3)9-10/h8-9H,4-7H2,1-3H3,(H,16,18,19). The van der Waals surface area contributed by atoms with Crippen LogP contribution in [0.4, 0.5) is 5.82 Å². The maximum atomic E-state index is 4.67. The first-order valence-corrected chi connectivity index (χ1v) is 7.81. The van der Waals surface area contributed by atoms with E-state index in [0.717, 1.165) is 53.3 Å². The SMILES string of the molecule is CCCc1nc(-c2cnn(CC)c2)nc(NCC)c1Br. The summed E-state index contributed by atoms with van der Waals surface area (Å²) in [5.74, 6) is 1.58. The highest BCUT2D eigenvalue weighted by molar-refractivity contribution is 9.10. The van der Waals surface area contributed by atoms with E-state index < -0.39 is 0 Å². The zero-order chi connectivity index (χ0) is 14.5. The van der Waals surface area contributed by atoms with Crippen LogP contribution in [0.25, 0.3) is 11.4 Å². The summed E-state index contributed by atoms with van der Waals surface area (Å²) in [5.41, 5.74) is 1.99. The van der Waals surface area contributed by atoms with Crippen LogP contribution in [0.2, 0.25) is 0 Å². The number of anilines is 1. The largest absolute Gasteiger partial charge is 0.369 e. The summed E-state index contributed by atoms with van der Waals surface area (Å²) in [7, 11) is 0. The van der Waals surface area contributed by atoms with Gasteiger partial charge in [-0.05, 0) is 36.2 Å². The van der Waals surface area contributed by atoms with Crippen molar-refractivity contribution < 1.29 is 0 Å². The molecule has 0 aliphatic rings. The molecule has 0 aromatic carbocycles. The molecule has 2 heterocycles. The van der Waals surface area contributed by atoms with Gasteiger partial charge in [-0.1, -0.05) is 13.3 Å². The van der Waals surface area contributed by atoms with Crippen LogP contribution in [0.5, 0.6) is 0 Å². The Kier molecular flexibility index (Phi) is 5.11. The number of rotatable bonds is 6. The van der Waals surface area contributed by atoms with Crippen molar-refractivity contribution in [3.05, 3.63) is 22.6 Å². The van der Waals surface area contributed by atoms with Gasteiger partial charge in [0.15, 0.2) is 5.82 Å². The fraction of sp³-hybridized carbons (Fsp3) is 0.500. The highest BCUT2D eigenvalue weighted by Gasteiger charge is 2.13. The van der Waals surface area contributed by atoms with Crippen molar-refractivity contribution in [3.8, 4) is 11.4 Å². The van der Waals surface area contributed by atoms with E-state index in [1.165, 1.54) is 0 Å². The molecule has 1 N–H and O–H groups in total. The summed E-state index contributed by atoms with van der Waals surface area (Å²) in [5, 5.41) is 7.57. The first-order chi connectivity index (χ1) is 9.69. The molecule has 2 aromatic rings. The van der Waals surface area contributed by atoms with Gasteiger partial charge < -0.3 is 5.32 Å². The summed E-state index contributed by atoms with van der Waals surface area (Å²) in [6.45, 7) is 7.94. The Morgan fingerprint density at radius 2 is 2.05 bits per heavy atom. The molecule has 0 atom stereocenters. The fourth-order valence-electron chi connectivity index (χ4n) is 1.96. The molecule has 20 heavy (non-hydrogen) atoms. The Morgan fingerprint density at radius 3 is 2.65 bits per heavy atom. The highest BCUT2D eigenvalue weighted by atomic mass is 79.9. The van der Waals surface area contributed by atoms with Crippen LogP contribution in [0.3, 0.4) is 0 Å². The fourth-order valence-corrected chi connectivity index (χ4v) is 2.48. The van der Waals surface area contributed by atoms with Crippen molar-refractivity contribution in [1.29, 1.82) is 0 Å². The molecule has 0 aliphatic heterocycles. The van der Waals surface area contributed by atoms with Gasteiger partial charge >= 0.3 is 0 Å². The lowest BCUT2D eigenvalue weighted by atomic mass is 10.2. The number of nitrogens with one attached hydrogen (secondary N) is 1. The van der Waals surface area contributed by atoms with E-state index in [9.17, 15) is 0 Å². The third-order valence-electron chi connectivity index (χ3n) is 2.97. The van der Waals surface area contributed by atoms with Gasteiger partial charge in [0.05, 0.1) is 21.9 Å². The predicted octanol–water partition coefficient (Wildman–Crippen LogP) is 3.51. The van der Waals surface area contributed by atoms with Crippen LogP contribution >= 0.6 is 15.9 Å². The van der Waals surface area contributed by atoms with E-state index >= 15 is 0 Å². The van der Waals surface area contributed by atoms with E-state index in [1.54, 1.807) is 0 Å². The summed E-state index contributed by atoms with van der Waals surface area (Å²) in [6, 6.07) is 0. The minimum absolute atomic E-state index is 0.729. The van der Waals surface area contributed by atoms with Crippen molar-refractivity contribution in [2.75, 3.05) is 11.9 Å².